The van der Waals surface area contributed by atoms with Gasteiger partial charge in [0.05, 0.1) is 11.4 Å². The molecule has 0 bridgehead atoms. The highest BCUT2D eigenvalue weighted by molar-refractivity contribution is 7.00. The van der Waals surface area contributed by atoms with Crippen molar-refractivity contribution in [3.8, 4) is 11.1 Å². The minimum absolute atomic E-state index is 0.00374. The van der Waals surface area contributed by atoms with Crippen LogP contribution in [0.25, 0.3) is 11.1 Å². The second-order valence-electron chi connectivity index (χ2n) is 25.4. The third kappa shape index (κ3) is 8.38. The molecular weight excluding hydrogens is 930 g/mol. The molecule has 6 heteroatoms. The van der Waals surface area contributed by atoms with Gasteiger partial charge in [-0.15, -0.1) is 0 Å². The maximum absolute atomic E-state index is 2.64. The Morgan fingerprint density at radius 3 is 1.30 bits per heavy atom. The first-order chi connectivity index (χ1) is 36.7. The number of hydrogen-bond acceptors (Lipinski definition) is 4. The number of hydrogen-bond donors (Lipinski definition) is 0. The second-order valence-corrected chi connectivity index (χ2v) is 25.4. The predicted molar refractivity (Wildman–Crippen MR) is 335 cm³/mol. The SMILES string of the molecule is Cc1cc2c3c(c1)N(c1ccc(C(C)(C)C)cc1)c1cc4c(cc1B3c1ccc(C(C)(C)C)cc1N2c1ccc(-c2c(C)cccc2C)cc1)N(c1ccccc1)B(c1c(C)cc(C(C)(C)C)cc1C)N4c1ccccc1. The van der Waals surface area contributed by atoms with E-state index in [0.717, 1.165) is 22.7 Å². The molecule has 0 atom stereocenters. The zero-order valence-corrected chi connectivity index (χ0v) is 47.8. The molecule has 3 heterocycles. The van der Waals surface area contributed by atoms with Crippen LogP contribution >= 0.6 is 0 Å². The first-order valence-electron chi connectivity index (χ1n) is 27.8. The highest BCUT2D eigenvalue weighted by atomic mass is 15.3. The fraction of sp³-hybridized carbons (Fsp3) is 0.239. The first kappa shape index (κ1) is 50.1. The fourth-order valence-electron chi connectivity index (χ4n) is 12.9. The molecule has 0 radical (unpaired) electrons. The van der Waals surface area contributed by atoms with Crippen LogP contribution in [-0.4, -0.2) is 13.7 Å². The van der Waals surface area contributed by atoms with E-state index in [2.05, 4.69) is 298 Å². The van der Waals surface area contributed by atoms with Gasteiger partial charge in [-0.2, -0.15) is 0 Å². The molecule has 12 rings (SSSR count). The molecule has 9 aromatic rings. The van der Waals surface area contributed by atoms with Gasteiger partial charge in [0.15, 0.2) is 0 Å². The van der Waals surface area contributed by atoms with E-state index in [4.69, 9.17) is 0 Å². The van der Waals surface area contributed by atoms with Crippen LogP contribution in [-0.2, 0) is 16.2 Å². The molecule has 0 amide bonds. The van der Waals surface area contributed by atoms with Gasteiger partial charge in [-0.25, -0.2) is 0 Å². The molecule has 3 aliphatic rings. The predicted octanol–water partition coefficient (Wildman–Crippen LogP) is 16.6. The van der Waals surface area contributed by atoms with Crippen LogP contribution in [0.4, 0.5) is 56.9 Å². The van der Waals surface area contributed by atoms with Crippen LogP contribution in [0.15, 0.2) is 182 Å². The zero-order chi connectivity index (χ0) is 54.0. The van der Waals surface area contributed by atoms with E-state index in [0.29, 0.717) is 0 Å². The lowest BCUT2D eigenvalue weighted by Crippen LogP contribution is -2.61. The summed E-state index contributed by atoms with van der Waals surface area (Å²) in [6, 6.07) is 69.9. The Labute approximate surface area is 460 Å². The number of nitrogens with zero attached hydrogens (tertiary/aromatic N) is 4. The van der Waals surface area contributed by atoms with Gasteiger partial charge in [0.1, 0.15) is 0 Å². The molecule has 0 aromatic heterocycles. The Morgan fingerprint density at radius 1 is 0.325 bits per heavy atom. The van der Waals surface area contributed by atoms with E-state index >= 15 is 0 Å². The number of rotatable bonds is 6. The molecule has 0 saturated heterocycles. The summed E-state index contributed by atoms with van der Waals surface area (Å²) in [5.41, 5.74) is 30.0. The van der Waals surface area contributed by atoms with Crippen LogP contribution in [0.2, 0.25) is 0 Å². The van der Waals surface area contributed by atoms with Gasteiger partial charge in [-0.3, -0.25) is 0 Å². The molecule has 0 unspecified atom stereocenters. The Balaban J connectivity index is 1.17. The molecule has 0 saturated carbocycles. The topological polar surface area (TPSA) is 13.0 Å². The van der Waals surface area contributed by atoms with Crippen LogP contribution in [0.5, 0.6) is 0 Å². The van der Waals surface area contributed by atoms with E-state index in [1.165, 1.54) is 112 Å². The molecule has 77 heavy (non-hydrogen) atoms. The minimum atomic E-state index is -0.178. The van der Waals surface area contributed by atoms with Crippen LogP contribution < -0.4 is 41.3 Å². The first-order valence-corrected chi connectivity index (χ1v) is 27.8. The maximum atomic E-state index is 2.64. The summed E-state index contributed by atoms with van der Waals surface area (Å²) in [6.45, 7) is 32.1. The lowest BCUT2D eigenvalue weighted by molar-refractivity contribution is 0.589. The summed E-state index contributed by atoms with van der Waals surface area (Å²) in [7, 11) is 0. The summed E-state index contributed by atoms with van der Waals surface area (Å²) in [5.74, 6) is 0. The fourth-order valence-corrected chi connectivity index (χ4v) is 12.9. The zero-order valence-electron chi connectivity index (χ0n) is 47.8. The number of fused-ring (bicyclic) bond motifs is 5. The Hall–Kier alpha value is -7.69. The van der Waals surface area contributed by atoms with Gasteiger partial charge >= 0.3 is 6.98 Å². The van der Waals surface area contributed by atoms with Crippen molar-refractivity contribution in [3.63, 3.8) is 0 Å². The summed E-state index contributed by atoms with van der Waals surface area (Å²) in [6.07, 6.45) is 0. The molecule has 3 aliphatic heterocycles. The highest BCUT2D eigenvalue weighted by Gasteiger charge is 2.50. The lowest BCUT2D eigenvalue weighted by Gasteiger charge is -2.45. The number of benzene rings is 9. The Bertz CT molecular complexity index is 3720. The number of aryl methyl sites for hydroxylation is 5. The molecule has 0 spiro atoms. The van der Waals surface area contributed by atoms with E-state index in [1.807, 2.05) is 0 Å². The van der Waals surface area contributed by atoms with E-state index in [9.17, 15) is 0 Å². The summed E-state index contributed by atoms with van der Waals surface area (Å²) < 4.78 is 0. The van der Waals surface area contributed by atoms with Gasteiger partial charge in [0, 0.05) is 45.5 Å². The molecule has 9 aromatic carbocycles. The van der Waals surface area contributed by atoms with Gasteiger partial charge in [0.2, 0.25) is 0 Å². The van der Waals surface area contributed by atoms with Crippen molar-refractivity contribution >= 4 is 92.4 Å². The van der Waals surface area contributed by atoms with Gasteiger partial charge in [0.25, 0.3) is 6.71 Å². The van der Waals surface area contributed by atoms with E-state index < -0.39 is 0 Å². The van der Waals surface area contributed by atoms with Crippen LogP contribution in [0, 0.1) is 34.6 Å². The third-order valence-corrected chi connectivity index (χ3v) is 16.9. The van der Waals surface area contributed by atoms with Crippen molar-refractivity contribution in [3.05, 3.63) is 226 Å². The average molecular weight is 1000 g/mol. The van der Waals surface area contributed by atoms with Crippen molar-refractivity contribution in [2.75, 3.05) is 19.4 Å². The molecule has 0 N–H and O–H groups in total. The second kappa shape index (κ2) is 18.2. The van der Waals surface area contributed by atoms with Crippen molar-refractivity contribution in [2.45, 2.75) is 113 Å². The molecular formula is C71H72B2N4. The quantitative estimate of drug-likeness (QED) is 0.154. The normalized spacial score (nSPS) is 13.9. The maximum Gasteiger partial charge on any atom is 0.421 e. The smallest absolute Gasteiger partial charge is 0.360 e. The van der Waals surface area contributed by atoms with Gasteiger partial charge < -0.3 is 19.4 Å². The molecule has 0 fully saturated rings. The van der Waals surface area contributed by atoms with Gasteiger partial charge in [-0.1, -0.05) is 177 Å². The van der Waals surface area contributed by atoms with Crippen LogP contribution in [0.3, 0.4) is 0 Å². The van der Waals surface area contributed by atoms with Crippen molar-refractivity contribution in [1.29, 1.82) is 0 Å². The highest BCUT2D eigenvalue weighted by Crippen LogP contribution is 2.52. The van der Waals surface area contributed by atoms with Crippen molar-refractivity contribution in [2.24, 2.45) is 0 Å². The standard InChI is InChI=1S/C71H72B2N4/c1-45-38-64-68-65(39-45)75(55-35-30-51(31-36-55)69(6,7)8)61-44-63-62(76(56-24-17-15-18-25-56)73(77(63)57-26-19-16-20-27-57)67-48(4)40-53(41-49(67)5)71(12,13)14)43-59(61)72(68)58-37-32-52(70(9,10)11)42-60(58)74(64)54-33-28-50(29-34-54)66-46(2)22-21-23-47(66)3/h15-44H,1-14H3. The molecule has 0 aliphatic carbocycles. The summed E-state index contributed by atoms with van der Waals surface area (Å²) in [4.78, 5) is 10.4. The minimum Gasteiger partial charge on any atom is -0.360 e. The van der Waals surface area contributed by atoms with Gasteiger partial charge in [-0.05, 0) is 196 Å². The molecule has 4 nitrogen and oxygen atoms in total. The number of anilines is 10. The monoisotopic (exact) mass is 1000 g/mol. The Kier molecular flexibility index (Phi) is 11.9. The molecule has 382 valence electrons. The lowest BCUT2D eigenvalue weighted by atomic mass is 9.33. The largest absolute Gasteiger partial charge is 0.421 e. The van der Waals surface area contributed by atoms with Crippen molar-refractivity contribution < 1.29 is 0 Å². The average Bonchev–Trinajstić information content (AvgIpc) is 4.01. The number of para-hydroxylation sites is 2. The van der Waals surface area contributed by atoms with E-state index in [-0.39, 0.29) is 29.9 Å². The van der Waals surface area contributed by atoms with E-state index in [1.54, 1.807) is 0 Å². The summed E-state index contributed by atoms with van der Waals surface area (Å²) >= 11 is 0. The summed E-state index contributed by atoms with van der Waals surface area (Å²) in [5, 5.41) is 0. The van der Waals surface area contributed by atoms with Crippen LogP contribution in [0.1, 0.15) is 107 Å². The van der Waals surface area contributed by atoms with Crippen molar-refractivity contribution in [1.82, 2.24) is 0 Å². The Morgan fingerprint density at radius 2 is 0.792 bits per heavy atom. The third-order valence-electron chi connectivity index (χ3n) is 16.9.